The van der Waals surface area contributed by atoms with Gasteiger partial charge < -0.3 is 4.74 Å². The largest absolute Gasteiger partial charge is 0.457 e. The molecule has 2 aromatic carbocycles. The summed E-state index contributed by atoms with van der Waals surface area (Å²) in [6, 6.07) is 16.2. The minimum atomic E-state index is -0.275. The van der Waals surface area contributed by atoms with Crippen molar-refractivity contribution in [2.75, 3.05) is 0 Å². The van der Waals surface area contributed by atoms with Gasteiger partial charge in [0.15, 0.2) is 0 Å². The maximum absolute atomic E-state index is 12.6. The van der Waals surface area contributed by atoms with Crippen LogP contribution in [0.3, 0.4) is 0 Å². The highest BCUT2D eigenvalue weighted by molar-refractivity contribution is 5.70. The second-order valence-corrected chi connectivity index (χ2v) is 8.26. The molecular weight excluding hydrogens is 368 g/mol. The normalized spacial score (nSPS) is 14.5. The van der Waals surface area contributed by atoms with Crippen LogP contribution in [-0.4, -0.2) is 5.97 Å². The second kappa shape index (κ2) is 12.2. The van der Waals surface area contributed by atoms with Crippen molar-refractivity contribution >= 4 is 5.97 Å². The molecule has 2 heteroatoms. The van der Waals surface area contributed by atoms with Gasteiger partial charge in [0.05, 0.1) is 0 Å². The van der Waals surface area contributed by atoms with Crippen LogP contribution in [0.15, 0.2) is 48.5 Å². The molecule has 0 aliphatic heterocycles. The minimum absolute atomic E-state index is 0.0937. The number of hydrogen-bond donors (Lipinski definition) is 0. The topological polar surface area (TPSA) is 26.3 Å². The molecule has 158 valence electrons. The third kappa shape index (κ3) is 6.77. The summed E-state index contributed by atoms with van der Waals surface area (Å²) in [5, 5.41) is 0. The Labute approximate surface area is 182 Å². The molecule has 0 bridgehead atoms. The molecule has 0 amide bonds. The van der Waals surface area contributed by atoms with E-state index in [1.54, 1.807) is 0 Å². The number of rotatable bonds is 11. The van der Waals surface area contributed by atoms with Crippen molar-refractivity contribution in [3.05, 3.63) is 70.8 Å². The lowest BCUT2D eigenvalue weighted by atomic mass is 9.92. The minimum Gasteiger partial charge on any atom is -0.457 e. The van der Waals surface area contributed by atoms with E-state index in [1.165, 1.54) is 44.9 Å². The van der Waals surface area contributed by atoms with Crippen molar-refractivity contribution in [1.82, 2.24) is 0 Å². The summed E-state index contributed by atoms with van der Waals surface area (Å²) in [7, 11) is 0. The lowest BCUT2D eigenvalue weighted by Gasteiger charge is -2.22. The van der Waals surface area contributed by atoms with Gasteiger partial charge in [0.1, 0.15) is 6.10 Å². The average Bonchev–Trinajstić information content (AvgIpc) is 2.76. The first-order valence-electron chi connectivity index (χ1n) is 11.7. The average molecular weight is 403 g/mol. The van der Waals surface area contributed by atoms with Crippen LogP contribution in [0, 0.1) is 11.8 Å². The lowest BCUT2D eigenvalue weighted by Crippen LogP contribution is -2.16. The van der Waals surface area contributed by atoms with Crippen LogP contribution in [0.2, 0.25) is 0 Å². The van der Waals surface area contributed by atoms with Crippen LogP contribution < -0.4 is 0 Å². The molecule has 2 aromatic rings. The first-order valence-corrected chi connectivity index (χ1v) is 11.7. The fraction of sp³-hybridized carbons (Fsp3) is 0.464. The van der Waals surface area contributed by atoms with Gasteiger partial charge in [-0.15, -0.1) is 0 Å². The molecule has 30 heavy (non-hydrogen) atoms. The molecule has 0 heterocycles. The van der Waals surface area contributed by atoms with Gasteiger partial charge in [-0.3, -0.25) is 4.79 Å². The standard InChI is InChI=1S/C28H34O2/c1-2-3-4-5-6-7-8-9-10-19-28(29)30-27-22-25-17-12-11-15-23(25)20-21-24-16-13-14-18-26(24)27/h11-18,27H,2-10,19,22H2,1H3. The van der Waals surface area contributed by atoms with E-state index in [4.69, 9.17) is 4.74 Å². The quantitative estimate of drug-likeness (QED) is 0.227. The van der Waals surface area contributed by atoms with Crippen LogP contribution in [0.4, 0.5) is 0 Å². The zero-order valence-electron chi connectivity index (χ0n) is 18.3. The van der Waals surface area contributed by atoms with E-state index < -0.39 is 0 Å². The Balaban J connectivity index is 1.51. The van der Waals surface area contributed by atoms with E-state index in [0.29, 0.717) is 12.8 Å². The van der Waals surface area contributed by atoms with E-state index >= 15 is 0 Å². The van der Waals surface area contributed by atoms with Crippen LogP contribution in [0.1, 0.15) is 99.5 Å². The highest BCUT2D eigenvalue weighted by Gasteiger charge is 2.22. The smallest absolute Gasteiger partial charge is 0.306 e. The maximum Gasteiger partial charge on any atom is 0.306 e. The Bertz CT molecular complexity index is 871. The summed E-state index contributed by atoms with van der Waals surface area (Å²) < 4.78 is 5.98. The molecule has 0 saturated carbocycles. The summed E-state index contributed by atoms with van der Waals surface area (Å²) in [5.74, 6) is 6.45. The number of fused-ring (bicyclic) bond motifs is 2. The van der Waals surface area contributed by atoms with Gasteiger partial charge in [0, 0.05) is 29.5 Å². The molecule has 2 nitrogen and oxygen atoms in total. The third-order valence-corrected chi connectivity index (χ3v) is 5.82. The first-order chi connectivity index (χ1) is 14.8. The fourth-order valence-electron chi connectivity index (χ4n) is 4.06. The summed E-state index contributed by atoms with van der Waals surface area (Å²) >= 11 is 0. The highest BCUT2D eigenvalue weighted by Crippen LogP contribution is 2.29. The SMILES string of the molecule is CCCCCCCCCCCC(=O)OC1Cc2ccccc2C#Cc2ccccc21. The number of unbranched alkanes of at least 4 members (excludes halogenated alkanes) is 8. The Hall–Kier alpha value is -2.53. The van der Waals surface area contributed by atoms with Gasteiger partial charge in [-0.25, -0.2) is 0 Å². The van der Waals surface area contributed by atoms with E-state index in [0.717, 1.165) is 35.1 Å². The zero-order valence-corrected chi connectivity index (χ0v) is 18.3. The molecule has 1 aliphatic rings. The molecule has 0 N–H and O–H groups in total. The number of hydrogen-bond acceptors (Lipinski definition) is 2. The van der Waals surface area contributed by atoms with Crippen LogP contribution in [0.25, 0.3) is 0 Å². The molecular formula is C28H34O2. The van der Waals surface area contributed by atoms with E-state index in [-0.39, 0.29) is 12.1 Å². The van der Waals surface area contributed by atoms with Crippen molar-refractivity contribution in [2.24, 2.45) is 0 Å². The van der Waals surface area contributed by atoms with Crippen molar-refractivity contribution in [3.63, 3.8) is 0 Å². The summed E-state index contributed by atoms with van der Waals surface area (Å²) in [4.78, 5) is 12.6. The summed E-state index contributed by atoms with van der Waals surface area (Å²) in [5.41, 5.74) is 4.13. The molecule has 0 fully saturated rings. The van der Waals surface area contributed by atoms with Gasteiger partial charge in [0.25, 0.3) is 0 Å². The molecule has 1 unspecified atom stereocenters. The Morgan fingerprint density at radius 1 is 0.833 bits per heavy atom. The van der Waals surface area contributed by atoms with Crippen molar-refractivity contribution in [1.29, 1.82) is 0 Å². The molecule has 0 saturated heterocycles. The Kier molecular flexibility index (Phi) is 9.04. The maximum atomic E-state index is 12.6. The van der Waals surface area contributed by atoms with Crippen molar-refractivity contribution < 1.29 is 9.53 Å². The predicted octanol–water partition coefficient (Wildman–Crippen LogP) is 7.15. The first kappa shape index (κ1) is 22.2. The molecule has 0 spiro atoms. The number of benzene rings is 2. The molecule has 0 aromatic heterocycles. The number of esters is 1. The molecule has 0 radical (unpaired) electrons. The van der Waals surface area contributed by atoms with E-state index in [2.05, 4.69) is 24.8 Å². The highest BCUT2D eigenvalue weighted by atomic mass is 16.5. The molecule has 3 rings (SSSR count). The van der Waals surface area contributed by atoms with Crippen LogP contribution in [-0.2, 0) is 16.0 Å². The number of ether oxygens (including phenoxy) is 1. The Morgan fingerprint density at radius 3 is 2.20 bits per heavy atom. The molecule has 1 aliphatic carbocycles. The Morgan fingerprint density at radius 2 is 1.43 bits per heavy atom. The van der Waals surface area contributed by atoms with Crippen LogP contribution >= 0.6 is 0 Å². The monoisotopic (exact) mass is 402 g/mol. The summed E-state index contributed by atoms with van der Waals surface area (Å²) in [6.45, 7) is 2.25. The van der Waals surface area contributed by atoms with Crippen molar-refractivity contribution in [3.8, 4) is 11.8 Å². The zero-order chi connectivity index (χ0) is 21.0. The number of carbonyl (C=O) groups is 1. The predicted molar refractivity (Wildman–Crippen MR) is 123 cm³/mol. The third-order valence-electron chi connectivity index (χ3n) is 5.82. The van der Waals surface area contributed by atoms with E-state index in [1.807, 2.05) is 42.5 Å². The van der Waals surface area contributed by atoms with Gasteiger partial charge in [-0.2, -0.15) is 0 Å². The summed E-state index contributed by atoms with van der Waals surface area (Å²) in [6.07, 6.45) is 12.1. The second-order valence-electron chi connectivity index (χ2n) is 8.26. The van der Waals surface area contributed by atoms with E-state index in [9.17, 15) is 4.79 Å². The van der Waals surface area contributed by atoms with Gasteiger partial charge in [-0.05, 0) is 24.1 Å². The van der Waals surface area contributed by atoms with Crippen LogP contribution in [0.5, 0.6) is 0 Å². The van der Waals surface area contributed by atoms with Gasteiger partial charge >= 0.3 is 5.97 Å². The number of carbonyl (C=O) groups excluding carboxylic acids is 1. The molecule has 1 atom stereocenters. The lowest BCUT2D eigenvalue weighted by molar-refractivity contribution is -0.149. The van der Waals surface area contributed by atoms with Crippen molar-refractivity contribution in [2.45, 2.75) is 83.7 Å². The van der Waals surface area contributed by atoms with Gasteiger partial charge in [0.2, 0.25) is 0 Å². The fourth-order valence-corrected chi connectivity index (χ4v) is 4.06. The van der Waals surface area contributed by atoms with Gasteiger partial charge in [-0.1, -0.05) is 107 Å².